The van der Waals surface area contributed by atoms with E-state index in [0.29, 0.717) is 11.4 Å². The fourth-order valence-corrected chi connectivity index (χ4v) is 4.36. The predicted octanol–water partition coefficient (Wildman–Crippen LogP) is 5.06. The number of amides is 3. The van der Waals surface area contributed by atoms with Crippen molar-refractivity contribution < 1.29 is 19.1 Å². The molecule has 0 saturated carbocycles. The summed E-state index contributed by atoms with van der Waals surface area (Å²) in [7, 11) is 0. The summed E-state index contributed by atoms with van der Waals surface area (Å²) in [6, 6.07) is 20.1. The Balaban J connectivity index is 0.000000892. The van der Waals surface area contributed by atoms with Crippen molar-refractivity contribution in [2.75, 3.05) is 30.0 Å². The number of anilines is 2. The van der Waals surface area contributed by atoms with Crippen molar-refractivity contribution in [2.24, 2.45) is 5.10 Å². The second-order valence-electron chi connectivity index (χ2n) is 8.82. The van der Waals surface area contributed by atoms with Crippen molar-refractivity contribution in [3.8, 4) is 5.75 Å². The van der Waals surface area contributed by atoms with E-state index in [4.69, 9.17) is 39.5 Å². The van der Waals surface area contributed by atoms with Crippen molar-refractivity contribution >= 4 is 69.7 Å². The van der Waals surface area contributed by atoms with Crippen LogP contribution in [0.2, 0.25) is 15.1 Å². The Hall–Kier alpha value is -3.83. The van der Waals surface area contributed by atoms with E-state index in [1.165, 1.54) is 19.1 Å². The fraction of sp³-hybridized carbons (Fsp3) is 0.241. The van der Waals surface area contributed by atoms with Crippen LogP contribution >= 0.6 is 34.8 Å². The molecule has 0 aliphatic carbocycles. The molecule has 3 aromatic rings. The molecule has 0 aromatic heterocycles. The number of halogens is 3. The minimum absolute atomic E-state index is 0.152. The number of rotatable bonds is 9. The van der Waals surface area contributed by atoms with Crippen LogP contribution in [0.4, 0.5) is 11.4 Å². The average Bonchev–Trinajstić information content (AvgIpc) is 3.22. The van der Waals surface area contributed by atoms with Crippen molar-refractivity contribution in [1.82, 2.24) is 16.0 Å². The summed E-state index contributed by atoms with van der Waals surface area (Å²) in [5, 5.41) is 17.3. The van der Waals surface area contributed by atoms with Gasteiger partial charge in [-0.1, -0.05) is 85.0 Å². The summed E-state index contributed by atoms with van der Waals surface area (Å²) in [6.07, 6.45) is 0. The number of benzene rings is 3. The lowest BCUT2D eigenvalue weighted by Crippen LogP contribution is -2.68. The van der Waals surface area contributed by atoms with Crippen molar-refractivity contribution in [1.29, 1.82) is 0 Å². The molecule has 0 saturated heterocycles. The Morgan fingerprint density at radius 1 is 0.929 bits per heavy atom. The molecule has 0 spiro atoms. The lowest BCUT2D eigenvalue weighted by molar-refractivity contribution is -0.127. The molecular weight excluding hydrogens is 603 g/mol. The topological polar surface area (TPSA) is 124 Å². The molecule has 42 heavy (non-hydrogen) atoms. The SMILES string of the molecule is CC(=O)NC1(Nc2ccccc2)C(=O)N(c2ccccc2)N=C1NC(=O)COc1cc(Cl)c(Cl)c(Cl)c1.CCNCC. The highest BCUT2D eigenvalue weighted by atomic mass is 35.5. The van der Waals surface area contributed by atoms with Crippen LogP contribution in [0.1, 0.15) is 20.8 Å². The third kappa shape index (κ3) is 8.36. The normalized spacial score (nSPS) is 15.7. The van der Waals surface area contributed by atoms with Gasteiger partial charge < -0.3 is 26.0 Å². The lowest BCUT2D eigenvalue weighted by Gasteiger charge is -2.31. The molecule has 0 radical (unpaired) electrons. The highest BCUT2D eigenvalue weighted by Gasteiger charge is 2.54. The average molecular weight is 634 g/mol. The van der Waals surface area contributed by atoms with Crippen LogP contribution in [-0.4, -0.2) is 48.9 Å². The second kappa shape index (κ2) is 15.4. The number of amidine groups is 1. The zero-order valence-corrected chi connectivity index (χ0v) is 25.5. The monoisotopic (exact) mass is 632 g/mol. The van der Waals surface area contributed by atoms with Gasteiger partial charge in [0.25, 0.3) is 11.6 Å². The van der Waals surface area contributed by atoms with Crippen LogP contribution in [0.25, 0.3) is 0 Å². The highest BCUT2D eigenvalue weighted by molar-refractivity contribution is 6.48. The van der Waals surface area contributed by atoms with Crippen LogP contribution in [0, 0.1) is 0 Å². The molecule has 3 aromatic carbocycles. The molecule has 1 heterocycles. The van der Waals surface area contributed by atoms with Gasteiger partial charge in [-0.25, -0.2) is 0 Å². The Morgan fingerprint density at radius 2 is 1.50 bits per heavy atom. The van der Waals surface area contributed by atoms with E-state index in [1.807, 2.05) is 0 Å². The van der Waals surface area contributed by atoms with Gasteiger partial charge in [-0.3, -0.25) is 14.4 Å². The van der Waals surface area contributed by atoms with Crippen LogP contribution < -0.4 is 31.0 Å². The summed E-state index contributed by atoms with van der Waals surface area (Å²) in [5.74, 6) is -1.77. The first-order valence-corrected chi connectivity index (χ1v) is 14.1. The predicted molar refractivity (Wildman–Crippen MR) is 167 cm³/mol. The first-order valence-electron chi connectivity index (χ1n) is 13.0. The molecule has 13 heteroatoms. The number of carbonyl (C=O) groups excluding carboxylic acids is 3. The number of carbonyl (C=O) groups is 3. The number of para-hydroxylation sites is 2. The molecule has 1 atom stereocenters. The number of hydrogen-bond acceptors (Lipinski definition) is 7. The smallest absolute Gasteiger partial charge is 0.302 e. The maximum Gasteiger partial charge on any atom is 0.302 e. The molecule has 0 fully saturated rings. The van der Waals surface area contributed by atoms with E-state index in [1.54, 1.807) is 60.7 Å². The molecule has 0 bridgehead atoms. The van der Waals surface area contributed by atoms with Crippen LogP contribution in [0.5, 0.6) is 5.75 Å². The van der Waals surface area contributed by atoms with E-state index in [-0.39, 0.29) is 26.7 Å². The van der Waals surface area contributed by atoms with Crippen molar-refractivity contribution in [3.05, 3.63) is 87.9 Å². The molecule has 4 rings (SSSR count). The fourth-order valence-electron chi connectivity index (χ4n) is 3.78. The van der Waals surface area contributed by atoms with E-state index in [2.05, 4.69) is 40.2 Å². The van der Waals surface area contributed by atoms with Gasteiger partial charge in [0.2, 0.25) is 5.91 Å². The Bertz CT molecular complexity index is 1400. The number of nitrogens with one attached hydrogen (secondary N) is 4. The zero-order chi connectivity index (χ0) is 30.7. The standard InChI is InChI=1S/C25H20Cl3N5O4.C4H11N/c1-15(34)30-25(31-16-8-4-2-5-9-16)23(32-33(24(25)36)17-10-6-3-7-11-17)29-21(35)14-37-18-12-19(26)22(28)20(27)13-18;1-3-5-4-2/h2-13,31H,14H2,1H3,(H,30,34)(H,29,32,35);5H,3-4H2,1-2H3. The Morgan fingerprint density at radius 3 is 2.02 bits per heavy atom. The van der Waals surface area contributed by atoms with Crippen LogP contribution in [0.3, 0.4) is 0 Å². The zero-order valence-electron chi connectivity index (χ0n) is 23.2. The highest BCUT2D eigenvalue weighted by Crippen LogP contribution is 2.34. The molecule has 10 nitrogen and oxygen atoms in total. The molecule has 3 amide bonds. The summed E-state index contributed by atoms with van der Waals surface area (Å²) < 4.78 is 5.50. The summed E-state index contributed by atoms with van der Waals surface area (Å²) in [4.78, 5) is 38.9. The van der Waals surface area contributed by atoms with Gasteiger partial charge in [0.1, 0.15) is 5.75 Å². The van der Waals surface area contributed by atoms with Crippen molar-refractivity contribution in [2.45, 2.75) is 26.4 Å². The summed E-state index contributed by atoms with van der Waals surface area (Å²) in [5.41, 5.74) is -0.975. The van der Waals surface area contributed by atoms with Gasteiger partial charge in [0.15, 0.2) is 12.4 Å². The maximum absolute atomic E-state index is 13.8. The van der Waals surface area contributed by atoms with Crippen LogP contribution in [-0.2, 0) is 14.4 Å². The first-order chi connectivity index (χ1) is 20.1. The molecule has 4 N–H and O–H groups in total. The minimum atomic E-state index is -1.91. The quantitative estimate of drug-likeness (QED) is 0.193. The number of ether oxygens (including phenoxy) is 1. The van der Waals surface area contributed by atoms with Gasteiger partial charge in [-0.05, 0) is 37.4 Å². The van der Waals surface area contributed by atoms with Gasteiger partial charge in [-0.2, -0.15) is 5.01 Å². The molecule has 1 aliphatic rings. The van der Waals surface area contributed by atoms with E-state index in [9.17, 15) is 14.4 Å². The summed E-state index contributed by atoms with van der Waals surface area (Å²) in [6.45, 7) is 7.16. The van der Waals surface area contributed by atoms with E-state index < -0.39 is 30.0 Å². The third-order valence-corrected chi connectivity index (χ3v) is 6.82. The lowest BCUT2D eigenvalue weighted by atomic mass is 10.1. The first kappa shape index (κ1) is 32.7. The van der Waals surface area contributed by atoms with Crippen LogP contribution in [0.15, 0.2) is 77.9 Å². The largest absolute Gasteiger partial charge is 0.484 e. The van der Waals surface area contributed by atoms with E-state index in [0.717, 1.165) is 18.1 Å². The molecule has 1 unspecified atom stereocenters. The van der Waals surface area contributed by atoms with Gasteiger partial charge in [0, 0.05) is 24.7 Å². The Kier molecular flexibility index (Phi) is 12.0. The Labute approximate surface area is 259 Å². The molecule has 222 valence electrons. The van der Waals surface area contributed by atoms with Gasteiger partial charge in [0.05, 0.1) is 20.8 Å². The molecular formula is C29H31Cl3N6O4. The number of nitrogens with zero attached hydrogens (tertiary/aromatic N) is 2. The number of hydrazone groups is 1. The summed E-state index contributed by atoms with van der Waals surface area (Å²) >= 11 is 18.0. The third-order valence-electron chi connectivity index (χ3n) is 5.62. The molecule has 1 aliphatic heterocycles. The minimum Gasteiger partial charge on any atom is -0.484 e. The number of hydrogen-bond donors (Lipinski definition) is 4. The van der Waals surface area contributed by atoms with Gasteiger partial charge in [-0.15, -0.1) is 5.10 Å². The second-order valence-corrected chi connectivity index (χ2v) is 10.0. The van der Waals surface area contributed by atoms with E-state index >= 15 is 0 Å². The van der Waals surface area contributed by atoms with Crippen molar-refractivity contribution in [3.63, 3.8) is 0 Å². The maximum atomic E-state index is 13.8. The van der Waals surface area contributed by atoms with Gasteiger partial charge >= 0.3 is 5.91 Å².